The Morgan fingerprint density at radius 3 is 2.21 bits per heavy atom. The number of benzene rings is 2. The molecule has 0 N–H and O–H groups in total. The molecule has 4 rings (SSSR count). The van der Waals surface area contributed by atoms with Crippen molar-refractivity contribution in [3.63, 3.8) is 0 Å². The minimum Gasteiger partial charge on any atom is -0.472 e. The Bertz CT molecular complexity index is 925. The smallest absolute Gasteiger partial charge is 0.243 e. The van der Waals surface area contributed by atoms with Crippen LogP contribution in [0, 0.1) is 0 Å². The van der Waals surface area contributed by atoms with Gasteiger partial charge in [0.25, 0.3) is 0 Å². The lowest BCUT2D eigenvalue weighted by Crippen LogP contribution is -2.59. The zero-order valence-corrected chi connectivity index (χ0v) is 17.2. The van der Waals surface area contributed by atoms with Gasteiger partial charge < -0.3 is 9.32 Å². The van der Waals surface area contributed by atoms with Crippen molar-refractivity contribution in [2.75, 3.05) is 20.6 Å². The van der Waals surface area contributed by atoms with Crippen LogP contribution in [0.25, 0.3) is 0 Å². The van der Waals surface area contributed by atoms with Crippen LogP contribution in [0.4, 0.5) is 0 Å². The zero-order valence-electron chi connectivity index (χ0n) is 17.2. The SMILES string of the molecule is CN(Cc1ccoc1)C(=O)C1(N(C)CCc2ccccc2)Cc2ccccc2C1. The number of fused-ring (bicyclic) bond motifs is 1. The van der Waals surface area contributed by atoms with E-state index in [1.807, 2.05) is 24.1 Å². The maximum Gasteiger partial charge on any atom is 0.243 e. The summed E-state index contributed by atoms with van der Waals surface area (Å²) in [5.74, 6) is 0.172. The summed E-state index contributed by atoms with van der Waals surface area (Å²) < 4.78 is 5.18. The van der Waals surface area contributed by atoms with Crippen LogP contribution < -0.4 is 0 Å². The van der Waals surface area contributed by atoms with E-state index in [0.29, 0.717) is 6.54 Å². The molecular formula is C25H28N2O2. The summed E-state index contributed by atoms with van der Waals surface area (Å²) >= 11 is 0. The zero-order chi connectivity index (χ0) is 20.3. The highest BCUT2D eigenvalue weighted by Crippen LogP contribution is 2.36. The van der Waals surface area contributed by atoms with Crippen LogP contribution >= 0.6 is 0 Å². The summed E-state index contributed by atoms with van der Waals surface area (Å²) in [6.45, 7) is 1.39. The molecule has 0 bridgehead atoms. The molecule has 1 amide bonds. The Balaban J connectivity index is 1.57. The third-order valence-corrected chi connectivity index (χ3v) is 6.14. The van der Waals surface area contributed by atoms with E-state index < -0.39 is 5.54 Å². The molecule has 0 aliphatic heterocycles. The molecule has 29 heavy (non-hydrogen) atoms. The maximum atomic E-state index is 13.8. The molecule has 150 valence electrons. The van der Waals surface area contributed by atoms with Gasteiger partial charge >= 0.3 is 0 Å². The van der Waals surface area contributed by atoms with Gasteiger partial charge in [-0.1, -0.05) is 54.6 Å². The highest BCUT2D eigenvalue weighted by molar-refractivity contribution is 5.88. The van der Waals surface area contributed by atoms with E-state index in [9.17, 15) is 4.79 Å². The number of carbonyl (C=O) groups excluding carboxylic acids is 1. The van der Waals surface area contributed by atoms with Gasteiger partial charge in [0, 0.05) is 38.5 Å². The number of likely N-dealkylation sites (N-methyl/N-ethyl adjacent to an activating group) is 2. The van der Waals surface area contributed by atoms with Crippen molar-refractivity contribution >= 4 is 5.91 Å². The molecular weight excluding hydrogens is 360 g/mol. The van der Waals surface area contributed by atoms with Gasteiger partial charge in [-0.15, -0.1) is 0 Å². The second-order valence-corrected chi connectivity index (χ2v) is 8.10. The summed E-state index contributed by atoms with van der Waals surface area (Å²) in [5, 5.41) is 0. The Morgan fingerprint density at radius 1 is 0.931 bits per heavy atom. The molecule has 4 nitrogen and oxygen atoms in total. The fraction of sp³-hybridized carbons (Fsp3) is 0.320. The second kappa shape index (κ2) is 8.26. The van der Waals surface area contributed by atoms with Crippen molar-refractivity contribution in [1.82, 2.24) is 9.80 Å². The first-order chi connectivity index (χ1) is 14.1. The summed E-state index contributed by atoms with van der Waals surface area (Å²) in [6, 6.07) is 20.8. The lowest BCUT2D eigenvalue weighted by Gasteiger charge is -2.40. The normalized spacial score (nSPS) is 14.7. The third-order valence-electron chi connectivity index (χ3n) is 6.14. The molecule has 1 aliphatic rings. The number of amides is 1. The highest BCUT2D eigenvalue weighted by atomic mass is 16.3. The number of rotatable bonds is 7. The van der Waals surface area contributed by atoms with Crippen molar-refractivity contribution in [3.05, 3.63) is 95.4 Å². The largest absolute Gasteiger partial charge is 0.472 e. The molecule has 4 heteroatoms. The molecule has 0 saturated heterocycles. The molecule has 0 spiro atoms. The van der Waals surface area contributed by atoms with Gasteiger partial charge in [-0.05, 0) is 36.2 Å². The van der Waals surface area contributed by atoms with E-state index in [0.717, 1.165) is 31.4 Å². The molecule has 1 aliphatic carbocycles. The summed E-state index contributed by atoms with van der Waals surface area (Å²) in [6.07, 6.45) is 5.79. The molecule has 2 aromatic carbocycles. The van der Waals surface area contributed by atoms with E-state index in [1.165, 1.54) is 16.7 Å². The average Bonchev–Trinajstić information content (AvgIpc) is 3.40. The maximum absolute atomic E-state index is 13.8. The van der Waals surface area contributed by atoms with E-state index in [4.69, 9.17) is 4.42 Å². The molecule has 0 saturated carbocycles. The van der Waals surface area contributed by atoms with Crippen LogP contribution in [-0.4, -0.2) is 41.9 Å². The monoisotopic (exact) mass is 388 g/mol. The lowest BCUT2D eigenvalue weighted by molar-refractivity contribution is -0.142. The Kier molecular flexibility index (Phi) is 5.54. The molecule has 3 aromatic rings. The first-order valence-electron chi connectivity index (χ1n) is 10.2. The van der Waals surface area contributed by atoms with Crippen LogP contribution in [-0.2, 0) is 30.6 Å². The lowest BCUT2D eigenvalue weighted by atomic mass is 9.91. The van der Waals surface area contributed by atoms with Gasteiger partial charge in [0.2, 0.25) is 5.91 Å². The van der Waals surface area contributed by atoms with Gasteiger partial charge in [-0.25, -0.2) is 0 Å². The molecule has 1 aromatic heterocycles. The number of nitrogens with zero attached hydrogens (tertiary/aromatic N) is 2. The van der Waals surface area contributed by atoms with Gasteiger partial charge in [-0.2, -0.15) is 0 Å². The van der Waals surface area contributed by atoms with E-state index in [2.05, 4.69) is 60.5 Å². The topological polar surface area (TPSA) is 36.7 Å². The van der Waals surface area contributed by atoms with Crippen LogP contribution in [0.15, 0.2) is 77.6 Å². The minimum absolute atomic E-state index is 0.172. The van der Waals surface area contributed by atoms with Crippen molar-refractivity contribution < 1.29 is 9.21 Å². The third kappa shape index (κ3) is 3.99. The Hall–Kier alpha value is -2.85. The van der Waals surface area contributed by atoms with Gasteiger partial charge in [-0.3, -0.25) is 9.69 Å². The summed E-state index contributed by atoms with van der Waals surface area (Å²) in [7, 11) is 3.99. The van der Waals surface area contributed by atoms with Crippen molar-refractivity contribution in [1.29, 1.82) is 0 Å². The van der Waals surface area contributed by atoms with Gasteiger partial charge in [0.1, 0.15) is 5.54 Å². The number of hydrogen-bond acceptors (Lipinski definition) is 3. The van der Waals surface area contributed by atoms with Crippen LogP contribution in [0.1, 0.15) is 22.3 Å². The van der Waals surface area contributed by atoms with Gasteiger partial charge in [0.15, 0.2) is 0 Å². The standard InChI is InChI=1S/C25H28N2O2/c1-26(18-21-13-15-29-19-21)24(28)25(16-22-10-6-7-11-23(22)17-25)27(2)14-12-20-8-4-3-5-9-20/h3-11,13,15,19H,12,14,16-18H2,1-2H3. The van der Waals surface area contributed by atoms with Crippen molar-refractivity contribution in [2.45, 2.75) is 31.3 Å². The Morgan fingerprint density at radius 2 is 1.59 bits per heavy atom. The predicted molar refractivity (Wildman–Crippen MR) is 115 cm³/mol. The van der Waals surface area contributed by atoms with Crippen LogP contribution in [0.3, 0.4) is 0 Å². The number of carbonyl (C=O) groups is 1. The number of hydrogen-bond donors (Lipinski definition) is 0. The Labute approximate surface area is 172 Å². The van der Waals surface area contributed by atoms with Crippen molar-refractivity contribution in [3.8, 4) is 0 Å². The fourth-order valence-electron chi connectivity index (χ4n) is 4.42. The first-order valence-corrected chi connectivity index (χ1v) is 10.2. The van der Waals surface area contributed by atoms with Crippen LogP contribution in [0.2, 0.25) is 0 Å². The number of furan rings is 1. The fourth-order valence-corrected chi connectivity index (χ4v) is 4.42. The second-order valence-electron chi connectivity index (χ2n) is 8.10. The van der Waals surface area contributed by atoms with E-state index in [-0.39, 0.29) is 5.91 Å². The van der Waals surface area contributed by atoms with Gasteiger partial charge in [0.05, 0.1) is 12.5 Å². The summed E-state index contributed by atoms with van der Waals surface area (Å²) in [4.78, 5) is 17.9. The minimum atomic E-state index is -0.545. The molecule has 0 fully saturated rings. The average molecular weight is 389 g/mol. The first kappa shape index (κ1) is 19.5. The highest BCUT2D eigenvalue weighted by Gasteiger charge is 2.48. The molecule has 0 radical (unpaired) electrons. The van der Waals surface area contributed by atoms with E-state index >= 15 is 0 Å². The predicted octanol–water partition coefficient (Wildman–Crippen LogP) is 3.95. The van der Waals surface area contributed by atoms with E-state index in [1.54, 1.807) is 12.5 Å². The summed E-state index contributed by atoms with van der Waals surface area (Å²) in [5.41, 5.74) is 4.33. The molecule has 1 heterocycles. The molecule has 0 atom stereocenters. The molecule has 0 unspecified atom stereocenters. The van der Waals surface area contributed by atoms with Crippen molar-refractivity contribution in [2.24, 2.45) is 0 Å². The van der Waals surface area contributed by atoms with Crippen LogP contribution in [0.5, 0.6) is 0 Å². The quantitative estimate of drug-likeness (QED) is 0.615.